The van der Waals surface area contributed by atoms with Crippen LogP contribution >= 0.6 is 0 Å². The van der Waals surface area contributed by atoms with E-state index < -0.39 is 37.3 Å². The summed E-state index contributed by atoms with van der Waals surface area (Å²) in [5, 5.41) is 43.3. The third kappa shape index (κ3) is 4.19. The molecule has 1 fully saturated rings. The number of anilines is 1. The second-order valence-corrected chi connectivity index (χ2v) is 7.65. The van der Waals surface area contributed by atoms with E-state index in [0.29, 0.717) is 41.1 Å². The molecule has 3 aliphatic heterocycles. The van der Waals surface area contributed by atoms with Crippen molar-refractivity contribution in [2.45, 2.75) is 37.2 Å². The van der Waals surface area contributed by atoms with Gasteiger partial charge in [0.2, 0.25) is 5.75 Å². The molecular weight excluding hydrogens is 450 g/mol. The number of hydrogen-bond acceptors (Lipinski definition) is 12. The second kappa shape index (κ2) is 9.95. The van der Waals surface area contributed by atoms with Crippen molar-refractivity contribution in [2.75, 3.05) is 33.3 Å². The highest BCUT2D eigenvalue weighted by Gasteiger charge is 2.45. The molecule has 1 aromatic rings. The van der Waals surface area contributed by atoms with Crippen molar-refractivity contribution in [3.05, 3.63) is 30.4 Å². The van der Waals surface area contributed by atoms with Gasteiger partial charge < -0.3 is 44.7 Å². The Labute approximate surface area is 194 Å². The number of fused-ring (bicyclic) bond motifs is 1. The maximum absolute atomic E-state index is 10.5. The van der Waals surface area contributed by atoms with Crippen molar-refractivity contribution in [3.63, 3.8) is 0 Å². The first-order valence-electron chi connectivity index (χ1n) is 10.4. The minimum absolute atomic E-state index is 0.326. The molecule has 184 valence electrons. The maximum Gasteiger partial charge on any atom is 0.203 e. The molecule has 3 aliphatic rings. The number of methoxy groups -OCH3 is 3. The summed E-state index contributed by atoms with van der Waals surface area (Å²) in [5.41, 5.74) is 1.22. The van der Waals surface area contributed by atoms with Gasteiger partial charge in [-0.1, -0.05) is 0 Å². The summed E-state index contributed by atoms with van der Waals surface area (Å²) in [6, 6.07) is 3.61. The number of nitrogens with one attached hydrogen (secondary N) is 1. The van der Waals surface area contributed by atoms with Crippen LogP contribution in [0.4, 0.5) is 5.82 Å². The van der Waals surface area contributed by atoms with E-state index in [4.69, 9.17) is 18.9 Å². The molecule has 1 aromatic carbocycles. The number of benzene rings is 1. The number of hydrogen-bond donors (Lipinski definition) is 5. The maximum atomic E-state index is 10.5. The number of rotatable bonds is 8. The van der Waals surface area contributed by atoms with Crippen molar-refractivity contribution in [3.8, 4) is 28.8 Å². The number of aliphatic hydroxyl groups is 4. The Morgan fingerprint density at radius 2 is 1.68 bits per heavy atom. The van der Waals surface area contributed by atoms with E-state index in [1.54, 1.807) is 12.1 Å². The molecule has 34 heavy (non-hydrogen) atoms. The van der Waals surface area contributed by atoms with Gasteiger partial charge in [0, 0.05) is 6.54 Å². The van der Waals surface area contributed by atoms with Crippen LogP contribution in [0.25, 0.3) is 11.5 Å². The molecule has 0 aliphatic carbocycles. The molecule has 3 heterocycles. The van der Waals surface area contributed by atoms with Crippen LogP contribution in [0.15, 0.2) is 24.8 Å². The number of nitrogens with zero attached hydrogens (tertiary/aromatic N) is 4. The third-order valence-electron chi connectivity index (χ3n) is 5.68. The van der Waals surface area contributed by atoms with E-state index in [1.165, 1.54) is 38.6 Å². The van der Waals surface area contributed by atoms with Gasteiger partial charge in [0.25, 0.3) is 0 Å². The molecule has 0 amide bonds. The standard InChI is InChI=1S/C21H27N5O8/c1-31-11-4-10(5-12(32-2)18(11)33-3)6-22-19-14-20(24-8-23-14)26(9-25-19)21-17(30)16(29)15(28)13(7-27)34-21/h4-5,8-9,13,15-17,21-22,27-30H,6-7H2,1-3H3/t13-,15-,16+,17-,21?/m1/s1. The Bertz CT molecular complexity index is 1070. The molecule has 1 unspecified atom stereocenters. The van der Waals surface area contributed by atoms with Gasteiger partial charge in [-0.05, 0) is 17.7 Å². The summed E-state index contributed by atoms with van der Waals surface area (Å²) in [7, 11) is 4.60. The van der Waals surface area contributed by atoms with Crippen molar-refractivity contribution < 1.29 is 39.4 Å². The average molecular weight is 477 g/mol. The number of aromatic nitrogens is 4. The van der Waals surface area contributed by atoms with Crippen LogP contribution in [0.5, 0.6) is 17.2 Å². The highest BCUT2D eigenvalue weighted by Crippen LogP contribution is 2.39. The summed E-state index contributed by atoms with van der Waals surface area (Å²) in [6.07, 6.45) is -3.98. The molecule has 0 aromatic heterocycles. The summed E-state index contributed by atoms with van der Waals surface area (Å²) in [4.78, 5) is 12.9. The molecule has 13 heteroatoms. The van der Waals surface area contributed by atoms with Crippen LogP contribution in [0.3, 0.4) is 0 Å². The fourth-order valence-corrected chi connectivity index (χ4v) is 3.90. The lowest BCUT2D eigenvalue weighted by molar-refractivity contribution is -0.251. The van der Waals surface area contributed by atoms with Crippen LogP contribution in [0, 0.1) is 0 Å². The van der Waals surface area contributed by atoms with E-state index in [1.807, 2.05) is 0 Å². The Hall–Kier alpha value is -3.23. The Kier molecular flexibility index (Phi) is 7.00. The highest BCUT2D eigenvalue weighted by atomic mass is 16.6. The minimum atomic E-state index is -1.53. The van der Waals surface area contributed by atoms with Crippen molar-refractivity contribution in [1.29, 1.82) is 0 Å². The first-order chi connectivity index (χ1) is 16.4. The van der Waals surface area contributed by atoms with Crippen molar-refractivity contribution in [1.82, 2.24) is 19.5 Å². The minimum Gasteiger partial charge on any atom is -0.493 e. The zero-order valence-electron chi connectivity index (χ0n) is 18.8. The fourth-order valence-electron chi connectivity index (χ4n) is 3.90. The third-order valence-corrected chi connectivity index (χ3v) is 5.68. The van der Waals surface area contributed by atoms with Crippen LogP contribution in [0.1, 0.15) is 11.8 Å². The fraction of sp³-hybridized carbons (Fsp3) is 0.476. The SMILES string of the molecule is COc1cc(CNc2ncn(C3O[C@H](CO)[C@@H](O)[C@H](O)[C@H]3O)c3ncnc2-3)cc(OC)c1OC. The lowest BCUT2D eigenvalue weighted by Crippen LogP contribution is -2.56. The molecule has 4 rings (SSSR count). The van der Waals surface area contributed by atoms with E-state index in [0.717, 1.165) is 5.56 Å². The lowest BCUT2D eigenvalue weighted by Gasteiger charge is -2.41. The Morgan fingerprint density at radius 1 is 0.971 bits per heavy atom. The molecule has 5 atom stereocenters. The monoisotopic (exact) mass is 477 g/mol. The van der Waals surface area contributed by atoms with E-state index in [-0.39, 0.29) is 0 Å². The Balaban J connectivity index is 1.60. The topological polar surface area (TPSA) is 173 Å². The van der Waals surface area contributed by atoms with Gasteiger partial charge in [-0.3, -0.25) is 4.57 Å². The van der Waals surface area contributed by atoms with Gasteiger partial charge >= 0.3 is 0 Å². The molecule has 0 spiro atoms. The van der Waals surface area contributed by atoms with Gasteiger partial charge in [-0.15, -0.1) is 0 Å². The molecule has 0 bridgehead atoms. The van der Waals surface area contributed by atoms with Crippen LogP contribution in [0.2, 0.25) is 0 Å². The summed E-state index contributed by atoms with van der Waals surface area (Å²) < 4.78 is 23.1. The van der Waals surface area contributed by atoms with Gasteiger partial charge in [0.1, 0.15) is 37.1 Å². The molecule has 5 N–H and O–H groups in total. The number of imidazole rings is 1. The van der Waals surface area contributed by atoms with Crippen molar-refractivity contribution >= 4 is 5.82 Å². The number of ether oxygens (including phenoxy) is 4. The van der Waals surface area contributed by atoms with Gasteiger partial charge in [0.05, 0.1) is 27.9 Å². The quantitative estimate of drug-likeness (QED) is 0.279. The van der Waals surface area contributed by atoms with Gasteiger partial charge in [0.15, 0.2) is 35.1 Å². The average Bonchev–Trinajstić information content (AvgIpc) is 3.36. The number of aliphatic hydroxyl groups excluding tert-OH is 4. The zero-order valence-corrected chi connectivity index (χ0v) is 18.8. The second-order valence-electron chi connectivity index (χ2n) is 7.65. The Morgan fingerprint density at radius 3 is 2.29 bits per heavy atom. The van der Waals surface area contributed by atoms with Gasteiger partial charge in [-0.25, -0.2) is 15.0 Å². The zero-order chi connectivity index (χ0) is 24.4. The molecule has 1 saturated heterocycles. The normalized spacial score (nSPS) is 24.7. The van der Waals surface area contributed by atoms with Crippen LogP contribution in [-0.2, 0) is 11.3 Å². The van der Waals surface area contributed by atoms with Gasteiger partial charge in [-0.2, -0.15) is 0 Å². The highest BCUT2D eigenvalue weighted by molar-refractivity contribution is 5.67. The largest absolute Gasteiger partial charge is 0.493 e. The van der Waals surface area contributed by atoms with E-state index in [2.05, 4.69) is 20.3 Å². The first kappa shape index (κ1) is 23.9. The predicted molar refractivity (Wildman–Crippen MR) is 117 cm³/mol. The smallest absolute Gasteiger partial charge is 0.203 e. The lowest BCUT2D eigenvalue weighted by atomic mass is 9.98. The molecule has 0 radical (unpaired) electrons. The van der Waals surface area contributed by atoms with Crippen LogP contribution in [-0.4, -0.2) is 92.3 Å². The van der Waals surface area contributed by atoms with Crippen molar-refractivity contribution in [2.24, 2.45) is 0 Å². The summed E-state index contributed by atoms with van der Waals surface area (Å²) in [6.45, 7) is -0.199. The van der Waals surface area contributed by atoms with Crippen LogP contribution < -0.4 is 19.5 Å². The molecule has 0 saturated carbocycles. The van der Waals surface area contributed by atoms with E-state index >= 15 is 0 Å². The summed E-state index contributed by atoms with van der Waals surface area (Å²) in [5.74, 6) is 2.25. The molecular formula is C21H27N5O8. The molecule has 13 nitrogen and oxygen atoms in total. The predicted octanol–water partition coefficient (Wildman–Crippen LogP) is -0.612. The summed E-state index contributed by atoms with van der Waals surface area (Å²) >= 11 is 0. The van der Waals surface area contributed by atoms with E-state index in [9.17, 15) is 20.4 Å². The first-order valence-corrected chi connectivity index (χ1v) is 10.4.